The van der Waals surface area contributed by atoms with Crippen molar-refractivity contribution in [1.82, 2.24) is 10.2 Å². The second kappa shape index (κ2) is 5.80. The summed E-state index contributed by atoms with van der Waals surface area (Å²) in [6, 6.07) is 5.79. The molecular weight excluding hydrogens is 216 g/mol. The fraction of sp³-hybridized carbons (Fsp3) is 0.462. The number of nitrogens with one attached hydrogen (secondary N) is 1. The number of benzene rings is 1. The van der Waals surface area contributed by atoms with Crippen molar-refractivity contribution in [2.45, 2.75) is 6.54 Å². The molecule has 1 aromatic carbocycles. The van der Waals surface area contributed by atoms with Crippen molar-refractivity contribution >= 4 is 6.29 Å². The minimum Gasteiger partial charge on any atom is -0.496 e. The van der Waals surface area contributed by atoms with E-state index in [-0.39, 0.29) is 0 Å². The average Bonchev–Trinajstić information content (AvgIpc) is 2.40. The van der Waals surface area contributed by atoms with Crippen LogP contribution in [-0.2, 0) is 6.54 Å². The van der Waals surface area contributed by atoms with Gasteiger partial charge in [0.15, 0.2) is 6.29 Å². The Morgan fingerprint density at radius 1 is 1.41 bits per heavy atom. The molecule has 1 aliphatic heterocycles. The molecule has 1 saturated heterocycles. The van der Waals surface area contributed by atoms with E-state index in [2.05, 4.69) is 10.2 Å². The molecule has 0 spiro atoms. The number of carbonyl (C=O) groups is 1. The number of methoxy groups -OCH3 is 1. The van der Waals surface area contributed by atoms with Crippen LogP contribution in [0.1, 0.15) is 15.9 Å². The number of ether oxygens (including phenoxy) is 1. The van der Waals surface area contributed by atoms with Gasteiger partial charge in [0.1, 0.15) is 5.75 Å². The molecule has 0 bridgehead atoms. The monoisotopic (exact) mass is 234 g/mol. The molecule has 0 unspecified atom stereocenters. The molecule has 0 radical (unpaired) electrons. The fourth-order valence-electron chi connectivity index (χ4n) is 2.10. The van der Waals surface area contributed by atoms with Gasteiger partial charge in [-0.25, -0.2) is 0 Å². The van der Waals surface area contributed by atoms with Crippen LogP contribution < -0.4 is 10.1 Å². The van der Waals surface area contributed by atoms with Crippen LogP contribution in [0.3, 0.4) is 0 Å². The number of carbonyl (C=O) groups excluding carboxylic acids is 1. The summed E-state index contributed by atoms with van der Waals surface area (Å²) in [4.78, 5) is 13.3. The summed E-state index contributed by atoms with van der Waals surface area (Å²) in [5.41, 5.74) is 1.79. The zero-order chi connectivity index (χ0) is 12.1. The lowest BCUT2D eigenvalue weighted by Crippen LogP contribution is -2.42. The van der Waals surface area contributed by atoms with Crippen molar-refractivity contribution in [3.8, 4) is 5.75 Å². The Kier molecular flexibility index (Phi) is 4.12. The number of hydrogen-bond donors (Lipinski definition) is 1. The van der Waals surface area contributed by atoms with E-state index < -0.39 is 0 Å². The molecule has 2 rings (SSSR count). The molecular formula is C13H18N2O2. The number of hydrogen-bond acceptors (Lipinski definition) is 4. The second-order valence-electron chi connectivity index (χ2n) is 4.22. The summed E-state index contributed by atoms with van der Waals surface area (Å²) in [5.74, 6) is 0.643. The smallest absolute Gasteiger partial charge is 0.153 e. The third-order valence-corrected chi connectivity index (χ3v) is 3.04. The SMILES string of the molecule is COc1ccc(CN2CCNCC2)cc1C=O. The molecule has 1 aliphatic rings. The van der Waals surface area contributed by atoms with Crippen molar-refractivity contribution < 1.29 is 9.53 Å². The maximum atomic E-state index is 10.9. The molecule has 1 heterocycles. The van der Waals surface area contributed by atoms with Crippen LogP contribution in [0.5, 0.6) is 5.75 Å². The highest BCUT2D eigenvalue weighted by molar-refractivity contribution is 5.79. The Labute approximate surface area is 102 Å². The van der Waals surface area contributed by atoms with Crippen molar-refractivity contribution in [3.63, 3.8) is 0 Å². The summed E-state index contributed by atoms with van der Waals surface area (Å²) in [7, 11) is 1.58. The summed E-state index contributed by atoms with van der Waals surface area (Å²) in [5, 5.41) is 3.32. The van der Waals surface area contributed by atoms with Gasteiger partial charge in [0.2, 0.25) is 0 Å². The Bertz CT molecular complexity index is 387. The maximum absolute atomic E-state index is 10.9. The first-order chi connectivity index (χ1) is 8.33. The molecule has 1 fully saturated rings. The van der Waals surface area contributed by atoms with Crippen LogP contribution in [0.4, 0.5) is 0 Å². The van der Waals surface area contributed by atoms with Gasteiger partial charge < -0.3 is 10.1 Å². The lowest BCUT2D eigenvalue weighted by atomic mass is 10.1. The summed E-state index contributed by atoms with van der Waals surface area (Å²) in [6.45, 7) is 5.09. The Morgan fingerprint density at radius 2 is 2.18 bits per heavy atom. The maximum Gasteiger partial charge on any atom is 0.153 e. The molecule has 1 aromatic rings. The van der Waals surface area contributed by atoms with E-state index >= 15 is 0 Å². The Hall–Kier alpha value is -1.39. The summed E-state index contributed by atoms with van der Waals surface area (Å²) in [6.07, 6.45) is 0.847. The molecule has 4 nitrogen and oxygen atoms in total. The van der Waals surface area contributed by atoms with Gasteiger partial charge in [0.05, 0.1) is 12.7 Å². The topological polar surface area (TPSA) is 41.6 Å². The first kappa shape index (κ1) is 12.1. The van der Waals surface area contributed by atoms with Gasteiger partial charge >= 0.3 is 0 Å². The molecule has 92 valence electrons. The zero-order valence-corrected chi connectivity index (χ0v) is 10.1. The summed E-state index contributed by atoms with van der Waals surface area (Å²) >= 11 is 0. The number of aldehydes is 1. The number of piperazine rings is 1. The number of nitrogens with zero attached hydrogens (tertiary/aromatic N) is 1. The van der Waals surface area contributed by atoms with Crippen LogP contribution in [-0.4, -0.2) is 44.5 Å². The van der Waals surface area contributed by atoms with Gasteiger partial charge in [0, 0.05) is 32.7 Å². The average molecular weight is 234 g/mol. The van der Waals surface area contributed by atoms with E-state index in [1.165, 1.54) is 0 Å². The van der Waals surface area contributed by atoms with E-state index in [0.717, 1.165) is 44.6 Å². The number of rotatable bonds is 4. The van der Waals surface area contributed by atoms with E-state index in [0.29, 0.717) is 11.3 Å². The van der Waals surface area contributed by atoms with E-state index in [4.69, 9.17) is 4.74 Å². The molecule has 0 aliphatic carbocycles. The molecule has 0 saturated carbocycles. The molecule has 0 atom stereocenters. The van der Waals surface area contributed by atoms with Crippen molar-refractivity contribution in [2.24, 2.45) is 0 Å². The summed E-state index contributed by atoms with van der Waals surface area (Å²) < 4.78 is 5.13. The van der Waals surface area contributed by atoms with Crippen LogP contribution in [0.2, 0.25) is 0 Å². The molecule has 17 heavy (non-hydrogen) atoms. The predicted molar refractivity (Wildman–Crippen MR) is 66.5 cm³/mol. The van der Waals surface area contributed by atoms with Gasteiger partial charge in [-0.2, -0.15) is 0 Å². The van der Waals surface area contributed by atoms with Gasteiger partial charge in [0.25, 0.3) is 0 Å². The minimum atomic E-state index is 0.625. The highest BCUT2D eigenvalue weighted by Gasteiger charge is 2.11. The normalized spacial score (nSPS) is 16.8. The first-order valence-corrected chi connectivity index (χ1v) is 5.88. The highest BCUT2D eigenvalue weighted by atomic mass is 16.5. The van der Waals surface area contributed by atoms with Crippen LogP contribution in [0.25, 0.3) is 0 Å². The van der Waals surface area contributed by atoms with E-state index in [1.54, 1.807) is 7.11 Å². The van der Waals surface area contributed by atoms with Crippen molar-refractivity contribution in [2.75, 3.05) is 33.3 Å². The minimum absolute atomic E-state index is 0.625. The third kappa shape index (κ3) is 3.05. The first-order valence-electron chi connectivity index (χ1n) is 5.88. The fourth-order valence-corrected chi connectivity index (χ4v) is 2.10. The predicted octanol–water partition coefficient (Wildman–Crippen LogP) is 0.913. The van der Waals surface area contributed by atoms with Crippen molar-refractivity contribution in [3.05, 3.63) is 29.3 Å². The molecule has 1 N–H and O–H groups in total. The third-order valence-electron chi connectivity index (χ3n) is 3.04. The van der Waals surface area contributed by atoms with E-state index in [1.807, 2.05) is 18.2 Å². The lowest BCUT2D eigenvalue weighted by molar-refractivity contribution is 0.112. The Morgan fingerprint density at radius 3 is 2.82 bits per heavy atom. The van der Waals surface area contributed by atoms with Crippen molar-refractivity contribution in [1.29, 1.82) is 0 Å². The highest BCUT2D eigenvalue weighted by Crippen LogP contribution is 2.19. The Balaban J connectivity index is 2.07. The van der Waals surface area contributed by atoms with Gasteiger partial charge in [-0.05, 0) is 17.7 Å². The largest absolute Gasteiger partial charge is 0.496 e. The van der Waals surface area contributed by atoms with Gasteiger partial charge in [-0.3, -0.25) is 9.69 Å². The molecule has 0 aromatic heterocycles. The van der Waals surface area contributed by atoms with Gasteiger partial charge in [-0.15, -0.1) is 0 Å². The quantitative estimate of drug-likeness (QED) is 0.786. The van der Waals surface area contributed by atoms with Crippen LogP contribution in [0, 0.1) is 0 Å². The second-order valence-corrected chi connectivity index (χ2v) is 4.22. The lowest BCUT2D eigenvalue weighted by Gasteiger charge is -2.27. The van der Waals surface area contributed by atoms with Gasteiger partial charge in [-0.1, -0.05) is 6.07 Å². The van der Waals surface area contributed by atoms with E-state index in [9.17, 15) is 4.79 Å². The standard InChI is InChI=1S/C13H18N2O2/c1-17-13-3-2-11(8-12(13)10-16)9-15-6-4-14-5-7-15/h2-3,8,10,14H,4-7,9H2,1H3. The molecule has 0 amide bonds. The van der Waals surface area contributed by atoms with Crippen LogP contribution in [0.15, 0.2) is 18.2 Å². The zero-order valence-electron chi connectivity index (χ0n) is 10.1. The van der Waals surface area contributed by atoms with Crippen LogP contribution >= 0.6 is 0 Å². The molecule has 4 heteroatoms.